The van der Waals surface area contributed by atoms with Crippen molar-refractivity contribution in [2.24, 2.45) is 11.1 Å². The van der Waals surface area contributed by atoms with E-state index >= 15 is 0 Å². The van der Waals surface area contributed by atoms with Crippen LogP contribution in [-0.4, -0.2) is 23.9 Å². The number of likely N-dealkylation sites (N-methyl/N-ethyl adjacent to an activating group) is 1. The highest BCUT2D eigenvalue weighted by Gasteiger charge is 2.32. The van der Waals surface area contributed by atoms with Gasteiger partial charge in [0.25, 0.3) is 0 Å². The summed E-state index contributed by atoms with van der Waals surface area (Å²) in [4.78, 5) is 14.0. The third-order valence-electron chi connectivity index (χ3n) is 3.54. The number of hydrogen-bond donors (Lipinski definition) is 1. The molecule has 0 aromatic heterocycles. The standard InChI is InChI=1S/C15H22Cl2N2O/c1-9(11-7-6-10(16)8-12(11)17)19(5)14(20)13(18)15(2,3)4/h6-9,13H,18H2,1-5H3. The Labute approximate surface area is 131 Å². The van der Waals surface area contributed by atoms with Gasteiger partial charge in [0.1, 0.15) is 0 Å². The number of benzene rings is 1. The maximum absolute atomic E-state index is 12.4. The molecule has 0 aliphatic carbocycles. The van der Waals surface area contributed by atoms with E-state index < -0.39 is 6.04 Å². The number of nitrogens with two attached hydrogens (primary N) is 1. The Bertz CT molecular complexity index is 497. The summed E-state index contributed by atoms with van der Waals surface area (Å²) in [7, 11) is 1.74. The van der Waals surface area contributed by atoms with Gasteiger partial charge in [0.05, 0.1) is 12.1 Å². The second kappa shape index (κ2) is 6.33. The van der Waals surface area contributed by atoms with E-state index in [1.807, 2.05) is 33.8 Å². The van der Waals surface area contributed by atoms with Crippen LogP contribution in [-0.2, 0) is 4.79 Å². The number of rotatable bonds is 3. The van der Waals surface area contributed by atoms with E-state index in [0.717, 1.165) is 5.56 Å². The van der Waals surface area contributed by atoms with Gasteiger partial charge in [0.2, 0.25) is 5.91 Å². The van der Waals surface area contributed by atoms with Crippen LogP contribution < -0.4 is 5.73 Å². The van der Waals surface area contributed by atoms with E-state index in [4.69, 9.17) is 28.9 Å². The minimum absolute atomic E-state index is 0.101. The minimum Gasteiger partial charge on any atom is -0.338 e. The van der Waals surface area contributed by atoms with Crippen molar-refractivity contribution in [3.05, 3.63) is 33.8 Å². The average Bonchev–Trinajstić information content (AvgIpc) is 2.34. The summed E-state index contributed by atoms with van der Waals surface area (Å²) in [5.41, 5.74) is 6.60. The van der Waals surface area contributed by atoms with E-state index in [9.17, 15) is 4.79 Å². The number of hydrogen-bond acceptors (Lipinski definition) is 2. The lowest BCUT2D eigenvalue weighted by atomic mass is 9.86. The molecule has 0 spiro atoms. The van der Waals surface area contributed by atoms with E-state index in [1.54, 1.807) is 24.1 Å². The highest BCUT2D eigenvalue weighted by Crippen LogP contribution is 2.30. The van der Waals surface area contributed by atoms with Gasteiger partial charge in [-0.2, -0.15) is 0 Å². The van der Waals surface area contributed by atoms with E-state index in [0.29, 0.717) is 10.0 Å². The molecular weight excluding hydrogens is 295 g/mol. The van der Waals surface area contributed by atoms with E-state index in [1.165, 1.54) is 0 Å². The topological polar surface area (TPSA) is 46.3 Å². The second-order valence-electron chi connectivity index (χ2n) is 6.13. The summed E-state index contributed by atoms with van der Waals surface area (Å²) >= 11 is 12.1. The Morgan fingerprint density at radius 2 is 1.85 bits per heavy atom. The third-order valence-corrected chi connectivity index (χ3v) is 4.10. The maximum atomic E-state index is 12.4. The molecule has 1 amide bonds. The lowest BCUT2D eigenvalue weighted by molar-refractivity contribution is -0.135. The SMILES string of the molecule is CC(c1ccc(Cl)cc1Cl)N(C)C(=O)C(N)C(C)(C)C. The average molecular weight is 317 g/mol. The Morgan fingerprint density at radius 3 is 2.30 bits per heavy atom. The van der Waals surface area contributed by atoms with Gasteiger partial charge >= 0.3 is 0 Å². The number of amides is 1. The van der Waals surface area contributed by atoms with Gasteiger partial charge in [0, 0.05) is 17.1 Å². The van der Waals surface area contributed by atoms with Crippen LogP contribution in [0.3, 0.4) is 0 Å². The normalized spacial score (nSPS) is 14.8. The molecule has 1 aromatic rings. The molecule has 2 atom stereocenters. The van der Waals surface area contributed by atoms with Crippen molar-refractivity contribution in [2.45, 2.75) is 39.8 Å². The van der Waals surface area contributed by atoms with E-state index in [-0.39, 0.29) is 17.4 Å². The molecule has 2 N–H and O–H groups in total. The molecule has 0 heterocycles. The molecule has 3 nitrogen and oxygen atoms in total. The summed E-state index contributed by atoms with van der Waals surface area (Å²) in [6, 6.07) is 4.56. The van der Waals surface area contributed by atoms with Gasteiger partial charge in [-0.15, -0.1) is 0 Å². The van der Waals surface area contributed by atoms with Crippen molar-refractivity contribution < 1.29 is 4.79 Å². The Kier molecular flexibility index (Phi) is 5.47. The molecule has 1 rings (SSSR count). The summed E-state index contributed by atoms with van der Waals surface area (Å²) in [6.07, 6.45) is 0. The zero-order chi connectivity index (χ0) is 15.7. The first-order valence-corrected chi connectivity index (χ1v) is 7.28. The van der Waals surface area contributed by atoms with Crippen LogP contribution in [0.5, 0.6) is 0 Å². The lowest BCUT2D eigenvalue weighted by Gasteiger charge is -2.33. The van der Waals surface area contributed by atoms with Crippen molar-refractivity contribution in [3.63, 3.8) is 0 Å². The molecule has 2 unspecified atom stereocenters. The largest absolute Gasteiger partial charge is 0.338 e. The third kappa shape index (κ3) is 3.87. The maximum Gasteiger partial charge on any atom is 0.240 e. The molecule has 0 fully saturated rings. The minimum atomic E-state index is -0.555. The summed E-state index contributed by atoms with van der Waals surface area (Å²) in [5, 5.41) is 1.13. The van der Waals surface area contributed by atoms with Gasteiger partial charge in [-0.1, -0.05) is 50.0 Å². The Morgan fingerprint density at radius 1 is 1.30 bits per heavy atom. The van der Waals surface area contributed by atoms with Crippen LogP contribution in [0.1, 0.15) is 39.3 Å². The molecule has 0 saturated heterocycles. The van der Waals surface area contributed by atoms with Gasteiger partial charge in [-0.05, 0) is 30.0 Å². The molecule has 0 aliphatic rings. The number of carbonyl (C=O) groups excluding carboxylic acids is 1. The fourth-order valence-electron chi connectivity index (χ4n) is 1.83. The zero-order valence-electron chi connectivity index (χ0n) is 12.6. The van der Waals surface area contributed by atoms with Crippen LogP contribution >= 0.6 is 23.2 Å². The first-order valence-electron chi connectivity index (χ1n) is 6.53. The Hall–Kier alpha value is -0.770. The molecular formula is C15H22Cl2N2O. The number of carbonyl (C=O) groups is 1. The summed E-state index contributed by atoms with van der Waals surface area (Å²) in [6.45, 7) is 7.76. The smallest absolute Gasteiger partial charge is 0.240 e. The number of nitrogens with zero attached hydrogens (tertiary/aromatic N) is 1. The fraction of sp³-hybridized carbons (Fsp3) is 0.533. The summed E-state index contributed by atoms with van der Waals surface area (Å²) in [5.74, 6) is -0.101. The van der Waals surface area contributed by atoms with Crippen molar-refractivity contribution in [2.75, 3.05) is 7.05 Å². The van der Waals surface area contributed by atoms with Gasteiger partial charge < -0.3 is 10.6 Å². The zero-order valence-corrected chi connectivity index (χ0v) is 14.1. The van der Waals surface area contributed by atoms with Gasteiger partial charge in [-0.3, -0.25) is 4.79 Å². The molecule has 0 bridgehead atoms. The molecule has 0 saturated carbocycles. The first-order chi connectivity index (χ1) is 9.05. The van der Waals surface area contributed by atoms with Crippen molar-refractivity contribution in [1.82, 2.24) is 4.90 Å². The molecule has 1 aromatic carbocycles. The predicted octanol–water partition coefficient (Wildman–Crippen LogP) is 3.89. The first kappa shape index (κ1) is 17.3. The van der Waals surface area contributed by atoms with E-state index in [2.05, 4.69) is 0 Å². The Balaban J connectivity index is 2.97. The second-order valence-corrected chi connectivity index (χ2v) is 6.98. The molecule has 5 heteroatoms. The highest BCUT2D eigenvalue weighted by atomic mass is 35.5. The van der Waals surface area contributed by atoms with Gasteiger partial charge in [0.15, 0.2) is 0 Å². The number of halogens is 2. The van der Waals surface area contributed by atoms with Crippen molar-refractivity contribution >= 4 is 29.1 Å². The van der Waals surface area contributed by atoms with Crippen LogP contribution in [0.2, 0.25) is 10.0 Å². The summed E-state index contributed by atoms with van der Waals surface area (Å²) < 4.78 is 0. The lowest BCUT2D eigenvalue weighted by Crippen LogP contribution is -2.49. The van der Waals surface area contributed by atoms with Crippen LogP contribution in [0.4, 0.5) is 0 Å². The van der Waals surface area contributed by atoms with Crippen LogP contribution in [0.15, 0.2) is 18.2 Å². The monoisotopic (exact) mass is 316 g/mol. The fourth-order valence-corrected chi connectivity index (χ4v) is 2.40. The molecule has 20 heavy (non-hydrogen) atoms. The molecule has 0 aliphatic heterocycles. The molecule has 0 radical (unpaired) electrons. The van der Waals surface area contributed by atoms with Crippen molar-refractivity contribution in [3.8, 4) is 0 Å². The van der Waals surface area contributed by atoms with Crippen molar-refractivity contribution in [1.29, 1.82) is 0 Å². The van der Waals surface area contributed by atoms with Crippen LogP contribution in [0, 0.1) is 5.41 Å². The van der Waals surface area contributed by atoms with Crippen LogP contribution in [0.25, 0.3) is 0 Å². The highest BCUT2D eigenvalue weighted by molar-refractivity contribution is 6.35. The molecule has 112 valence electrons. The predicted molar refractivity (Wildman–Crippen MR) is 85.1 cm³/mol. The quantitative estimate of drug-likeness (QED) is 0.919. The van der Waals surface area contributed by atoms with Gasteiger partial charge in [-0.25, -0.2) is 0 Å².